The number of nitrogens with zero attached hydrogens (tertiary/aromatic N) is 1. The van der Waals surface area contributed by atoms with Crippen LogP contribution in [0.3, 0.4) is 0 Å². The molecule has 1 nitrogen and oxygen atoms in total. The van der Waals surface area contributed by atoms with Crippen molar-refractivity contribution in [3.63, 3.8) is 0 Å². The van der Waals surface area contributed by atoms with Gasteiger partial charge in [-0.2, -0.15) is 12.6 Å². The van der Waals surface area contributed by atoms with Crippen LogP contribution < -0.4 is 0 Å². The smallest absolute Gasteiger partial charge is 0.0297 e. The fraction of sp³-hybridized carbons (Fsp3) is 0.500. The number of aryl methyl sites for hydroxylation is 1. The van der Waals surface area contributed by atoms with Crippen LogP contribution in [0.5, 0.6) is 0 Å². The zero-order chi connectivity index (χ0) is 9.82. The Morgan fingerprint density at radius 3 is 2.00 bits per heavy atom. The van der Waals surface area contributed by atoms with Crippen LogP contribution in [0, 0.1) is 6.92 Å². The van der Waals surface area contributed by atoms with E-state index in [1.54, 1.807) is 12.5 Å². The lowest BCUT2D eigenvalue weighted by atomic mass is 10.3. The number of rotatable bonds is 0. The summed E-state index contributed by atoms with van der Waals surface area (Å²) in [6.45, 7) is 6.27. The van der Waals surface area contributed by atoms with E-state index in [9.17, 15) is 0 Å². The molecule has 70 valence electrons. The Kier molecular flexibility index (Phi) is 15.4. The lowest BCUT2D eigenvalue weighted by Crippen LogP contribution is -1.69. The molecule has 0 atom stereocenters. The van der Waals surface area contributed by atoms with Crippen molar-refractivity contribution in [1.82, 2.24) is 4.98 Å². The van der Waals surface area contributed by atoms with Gasteiger partial charge in [0.1, 0.15) is 0 Å². The van der Waals surface area contributed by atoms with Crippen LogP contribution in [0.15, 0.2) is 24.5 Å². The number of thiol groups is 1. The molecule has 0 N–H and O–H groups in total. The zero-order valence-corrected chi connectivity index (χ0v) is 9.31. The van der Waals surface area contributed by atoms with Crippen LogP contribution in [0.4, 0.5) is 0 Å². The molecule has 0 amide bonds. The summed E-state index contributed by atoms with van der Waals surface area (Å²) in [5, 5.41) is 0. The van der Waals surface area contributed by atoms with Crippen molar-refractivity contribution < 1.29 is 0 Å². The Morgan fingerprint density at radius 2 is 1.83 bits per heavy atom. The van der Waals surface area contributed by atoms with Crippen molar-refractivity contribution in [3.05, 3.63) is 30.1 Å². The molecule has 0 aliphatic heterocycles. The number of pyridine rings is 1. The van der Waals surface area contributed by atoms with Gasteiger partial charge >= 0.3 is 0 Å². The quantitative estimate of drug-likeness (QED) is 0.612. The topological polar surface area (TPSA) is 12.9 Å². The molecule has 0 saturated heterocycles. The SMILES string of the molecule is CCC.CS.Cc1cccnc1. The van der Waals surface area contributed by atoms with Crippen molar-refractivity contribution in [2.24, 2.45) is 0 Å². The van der Waals surface area contributed by atoms with Gasteiger partial charge in [-0.05, 0) is 24.8 Å². The molecule has 2 heteroatoms. The summed E-state index contributed by atoms with van der Waals surface area (Å²) in [5.41, 5.74) is 1.21. The van der Waals surface area contributed by atoms with Gasteiger partial charge < -0.3 is 0 Å². The Labute approximate surface area is 81.6 Å². The predicted octanol–water partition coefficient (Wildman–Crippen LogP) is 3.35. The first-order chi connectivity index (χ1) is 5.81. The predicted molar refractivity (Wildman–Crippen MR) is 59.8 cm³/mol. The minimum Gasteiger partial charge on any atom is -0.264 e. The van der Waals surface area contributed by atoms with Gasteiger partial charge in [0.25, 0.3) is 0 Å². The Balaban J connectivity index is 0. The van der Waals surface area contributed by atoms with Crippen LogP contribution in [0.2, 0.25) is 0 Å². The van der Waals surface area contributed by atoms with Gasteiger partial charge in [0.05, 0.1) is 0 Å². The molecule has 0 radical (unpaired) electrons. The molecule has 12 heavy (non-hydrogen) atoms. The van der Waals surface area contributed by atoms with Crippen molar-refractivity contribution in [1.29, 1.82) is 0 Å². The van der Waals surface area contributed by atoms with E-state index in [1.807, 2.05) is 25.3 Å². The molecule has 0 bridgehead atoms. The number of aromatic nitrogens is 1. The minimum atomic E-state index is 1.21. The number of hydrogen-bond acceptors (Lipinski definition) is 2. The molecule has 0 aliphatic rings. The molecule has 1 rings (SSSR count). The van der Waals surface area contributed by atoms with Crippen LogP contribution in [0.1, 0.15) is 25.8 Å². The maximum Gasteiger partial charge on any atom is 0.0297 e. The highest BCUT2D eigenvalue weighted by Crippen LogP contribution is 1.88. The standard InChI is InChI=1S/C6H7N.C3H8.CH4S/c1-6-3-2-4-7-5-6;1-3-2;1-2/h2-5H,1H3;3H2,1-2H3;2H,1H3. The summed E-state index contributed by atoms with van der Waals surface area (Å²) < 4.78 is 0. The zero-order valence-electron chi connectivity index (χ0n) is 8.41. The van der Waals surface area contributed by atoms with Gasteiger partial charge in [-0.15, -0.1) is 0 Å². The van der Waals surface area contributed by atoms with Crippen LogP contribution in [0.25, 0.3) is 0 Å². The first-order valence-corrected chi connectivity index (χ1v) is 5.02. The van der Waals surface area contributed by atoms with E-state index in [1.165, 1.54) is 12.0 Å². The lowest BCUT2D eigenvalue weighted by molar-refractivity contribution is 1.09. The monoisotopic (exact) mass is 185 g/mol. The van der Waals surface area contributed by atoms with Crippen LogP contribution in [-0.2, 0) is 0 Å². The minimum absolute atomic E-state index is 1.21. The fourth-order valence-electron chi connectivity index (χ4n) is 0.448. The normalized spacial score (nSPS) is 7.08. The summed E-state index contributed by atoms with van der Waals surface area (Å²) in [6.07, 6.45) is 6.55. The highest BCUT2D eigenvalue weighted by Gasteiger charge is 1.73. The summed E-state index contributed by atoms with van der Waals surface area (Å²) in [6, 6.07) is 3.95. The fourth-order valence-corrected chi connectivity index (χ4v) is 0.448. The van der Waals surface area contributed by atoms with Crippen LogP contribution in [-0.4, -0.2) is 11.2 Å². The van der Waals surface area contributed by atoms with Gasteiger partial charge in [0, 0.05) is 12.4 Å². The van der Waals surface area contributed by atoms with E-state index >= 15 is 0 Å². The second kappa shape index (κ2) is 13.1. The third-order valence-corrected chi connectivity index (χ3v) is 0.809. The summed E-state index contributed by atoms with van der Waals surface area (Å²) in [4.78, 5) is 3.88. The Morgan fingerprint density at radius 1 is 1.33 bits per heavy atom. The first-order valence-electron chi connectivity index (χ1n) is 4.12. The third kappa shape index (κ3) is 12.2. The second-order valence-corrected chi connectivity index (χ2v) is 2.24. The molecule has 0 aliphatic carbocycles. The molecule has 1 aromatic rings. The summed E-state index contributed by atoms with van der Waals surface area (Å²) in [7, 11) is 0. The van der Waals surface area contributed by atoms with Crippen LogP contribution >= 0.6 is 12.6 Å². The Hall–Kier alpha value is -0.500. The average Bonchev–Trinajstić information content (AvgIpc) is 2.11. The van der Waals surface area contributed by atoms with Crippen molar-refractivity contribution >= 4 is 12.6 Å². The highest BCUT2D eigenvalue weighted by atomic mass is 32.1. The van der Waals surface area contributed by atoms with Gasteiger partial charge in [-0.25, -0.2) is 0 Å². The van der Waals surface area contributed by atoms with Crippen molar-refractivity contribution in [2.75, 3.05) is 6.26 Å². The molecule has 0 unspecified atom stereocenters. The molecular weight excluding hydrogens is 166 g/mol. The summed E-state index contributed by atoms with van der Waals surface area (Å²) in [5.74, 6) is 0. The second-order valence-electron chi connectivity index (χ2n) is 2.24. The van der Waals surface area contributed by atoms with E-state index < -0.39 is 0 Å². The first kappa shape index (κ1) is 14.0. The maximum atomic E-state index is 3.88. The highest BCUT2D eigenvalue weighted by molar-refractivity contribution is 7.79. The molecule has 0 spiro atoms. The molecule has 1 aromatic heterocycles. The molecule has 0 saturated carbocycles. The van der Waals surface area contributed by atoms with Crippen molar-refractivity contribution in [3.8, 4) is 0 Å². The van der Waals surface area contributed by atoms with E-state index in [4.69, 9.17) is 0 Å². The van der Waals surface area contributed by atoms with Gasteiger partial charge in [-0.3, -0.25) is 4.98 Å². The maximum absolute atomic E-state index is 3.88. The molecule has 0 aromatic carbocycles. The van der Waals surface area contributed by atoms with E-state index in [2.05, 4.69) is 31.5 Å². The van der Waals surface area contributed by atoms with Crippen molar-refractivity contribution in [2.45, 2.75) is 27.2 Å². The van der Waals surface area contributed by atoms with E-state index in [0.29, 0.717) is 0 Å². The third-order valence-electron chi connectivity index (χ3n) is 0.809. The largest absolute Gasteiger partial charge is 0.264 e. The average molecular weight is 185 g/mol. The number of hydrogen-bond donors (Lipinski definition) is 1. The molecular formula is C10H19NS. The van der Waals surface area contributed by atoms with Gasteiger partial charge in [-0.1, -0.05) is 26.3 Å². The van der Waals surface area contributed by atoms with E-state index in [-0.39, 0.29) is 0 Å². The van der Waals surface area contributed by atoms with Gasteiger partial charge in [0.2, 0.25) is 0 Å². The molecule has 0 fully saturated rings. The lowest BCUT2D eigenvalue weighted by Gasteiger charge is -1.82. The van der Waals surface area contributed by atoms with E-state index in [0.717, 1.165) is 0 Å². The molecule has 1 heterocycles. The van der Waals surface area contributed by atoms with Gasteiger partial charge in [0.15, 0.2) is 0 Å². The summed E-state index contributed by atoms with van der Waals surface area (Å²) >= 11 is 3.53. The Bertz CT molecular complexity index is 151.